The van der Waals surface area contributed by atoms with Crippen LogP contribution < -0.4 is 4.72 Å². The number of hydrogen-bond acceptors (Lipinski definition) is 4. The number of sulfonamides is 1. The fourth-order valence-electron chi connectivity index (χ4n) is 2.90. The lowest BCUT2D eigenvalue weighted by Crippen LogP contribution is -2.29. The lowest BCUT2D eigenvalue weighted by atomic mass is 10.2. The molecule has 0 radical (unpaired) electrons. The van der Waals surface area contributed by atoms with Crippen LogP contribution in [0, 0.1) is 6.92 Å². The van der Waals surface area contributed by atoms with Gasteiger partial charge >= 0.3 is 0 Å². The molecule has 0 amide bonds. The van der Waals surface area contributed by atoms with Gasteiger partial charge < -0.3 is 4.57 Å². The minimum Gasteiger partial charge on any atom is -0.314 e. The zero-order valence-corrected chi connectivity index (χ0v) is 14.3. The zero-order chi connectivity index (χ0) is 16.4. The number of fused-ring (bicyclic) bond motifs is 1. The maximum Gasteiger partial charge on any atom is 0.241 e. The van der Waals surface area contributed by atoms with E-state index in [-0.39, 0.29) is 4.90 Å². The molecule has 2 aromatic rings. The van der Waals surface area contributed by atoms with Crippen LogP contribution >= 0.6 is 0 Å². The Hall–Kier alpha value is -1.73. The summed E-state index contributed by atoms with van der Waals surface area (Å²) in [5.41, 5.74) is 1.03. The molecule has 0 saturated heterocycles. The SMILES string of the molecule is Cc1ccc(S(=O)(=O)N[C@H](C)c2nnc3n2CCCCC3)cc1. The first kappa shape index (κ1) is 16.1. The average molecular weight is 334 g/mol. The Kier molecular flexibility index (Phi) is 4.50. The summed E-state index contributed by atoms with van der Waals surface area (Å²) in [4.78, 5) is 0.269. The molecule has 0 bridgehead atoms. The lowest BCUT2D eigenvalue weighted by Gasteiger charge is -2.15. The van der Waals surface area contributed by atoms with Gasteiger partial charge in [0.15, 0.2) is 5.82 Å². The summed E-state index contributed by atoms with van der Waals surface area (Å²) < 4.78 is 29.8. The molecule has 1 aromatic heterocycles. The van der Waals surface area contributed by atoms with E-state index in [1.54, 1.807) is 24.3 Å². The van der Waals surface area contributed by atoms with Crippen molar-refractivity contribution in [1.82, 2.24) is 19.5 Å². The number of nitrogens with zero attached hydrogens (tertiary/aromatic N) is 3. The molecule has 0 unspecified atom stereocenters. The number of rotatable bonds is 4. The molecule has 6 nitrogen and oxygen atoms in total. The Morgan fingerprint density at radius 3 is 2.61 bits per heavy atom. The van der Waals surface area contributed by atoms with Crippen LogP contribution in [0.3, 0.4) is 0 Å². The second-order valence-electron chi connectivity index (χ2n) is 6.09. The van der Waals surface area contributed by atoms with Crippen molar-refractivity contribution in [3.05, 3.63) is 41.5 Å². The van der Waals surface area contributed by atoms with Crippen LogP contribution in [0.25, 0.3) is 0 Å². The molecule has 124 valence electrons. The Balaban J connectivity index is 1.83. The lowest BCUT2D eigenvalue weighted by molar-refractivity contribution is 0.534. The Labute approximate surface area is 137 Å². The highest BCUT2D eigenvalue weighted by Crippen LogP contribution is 2.20. The van der Waals surface area contributed by atoms with E-state index in [9.17, 15) is 8.42 Å². The van der Waals surface area contributed by atoms with Gasteiger partial charge in [-0.05, 0) is 38.8 Å². The summed E-state index contributed by atoms with van der Waals surface area (Å²) in [5, 5.41) is 8.45. The Bertz CT molecular complexity index is 781. The first-order valence-electron chi connectivity index (χ1n) is 7.98. The fourth-order valence-corrected chi connectivity index (χ4v) is 4.10. The van der Waals surface area contributed by atoms with E-state index in [4.69, 9.17) is 0 Å². The third-order valence-corrected chi connectivity index (χ3v) is 5.75. The molecule has 3 rings (SSSR count). The quantitative estimate of drug-likeness (QED) is 0.931. The van der Waals surface area contributed by atoms with Gasteiger partial charge in [0, 0.05) is 13.0 Å². The van der Waals surface area contributed by atoms with Crippen LogP contribution in [0.2, 0.25) is 0 Å². The maximum absolute atomic E-state index is 12.5. The van der Waals surface area contributed by atoms with Gasteiger partial charge in [0.2, 0.25) is 10.0 Å². The normalized spacial score (nSPS) is 16.6. The monoisotopic (exact) mass is 334 g/mol. The van der Waals surface area contributed by atoms with E-state index in [0.717, 1.165) is 37.2 Å². The third-order valence-electron chi connectivity index (χ3n) is 4.19. The Morgan fingerprint density at radius 1 is 1.13 bits per heavy atom. The van der Waals surface area contributed by atoms with E-state index in [1.165, 1.54) is 6.42 Å². The van der Waals surface area contributed by atoms with Gasteiger partial charge in [-0.15, -0.1) is 10.2 Å². The predicted molar refractivity (Wildman–Crippen MR) is 87.5 cm³/mol. The minimum absolute atomic E-state index is 0.269. The molecule has 7 heteroatoms. The smallest absolute Gasteiger partial charge is 0.241 e. The molecule has 1 aromatic carbocycles. The highest BCUT2D eigenvalue weighted by Gasteiger charge is 2.24. The molecule has 1 atom stereocenters. The third kappa shape index (κ3) is 3.45. The van der Waals surface area contributed by atoms with Crippen LogP contribution in [-0.4, -0.2) is 23.2 Å². The first-order chi connectivity index (χ1) is 11.0. The van der Waals surface area contributed by atoms with Crippen molar-refractivity contribution in [2.45, 2.75) is 57.0 Å². The van der Waals surface area contributed by atoms with Crippen molar-refractivity contribution in [2.24, 2.45) is 0 Å². The van der Waals surface area contributed by atoms with Crippen LogP contribution in [0.5, 0.6) is 0 Å². The van der Waals surface area contributed by atoms with Crippen molar-refractivity contribution in [3.63, 3.8) is 0 Å². The van der Waals surface area contributed by atoms with Gasteiger partial charge in [0.25, 0.3) is 0 Å². The van der Waals surface area contributed by atoms with Gasteiger partial charge in [0.1, 0.15) is 5.82 Å². The summed E-state index contributed by atoms with van der Waals surface area (Å²) >= 11 is 0. The molecular formula is C16H22N4O2S. The fraction of sp³-hybridized carbons (Fsp3) is 0.500. The van der Waals surface area contributed by atoms with Crippen LogP contribution in [0.4, 0.5) is 0 Å². The van der Waals surface area contributed by atoms with Crippen LogP contribution in [0.1, 0.15) is 49.4 Å². The van der Waals surface area contributed by atoms with E-state index in [0.29, 0.717) is 5.82 Å². The summed E-state index contributed by atoms with van der Waals surface area (Å²) in [6, 6.07) is 6.41. The van der Waals surface area contributed by atoms with E-state index in [1.807, 2.05) is 13.8 Å². The first-order valence-corrected chi connectivity index (χ1v) is 9.47. The summed E-state index contributed by atoms with van der Waals surface area (Å²) in [7, 11) is -3.57. The molecule has 1 aliphatic rings. The molecule has 2 heterocycles. The van der Waals surface area contributed by atoms with Crippen LogP contribution in [-0.2, 0) is 23.0 Å². The molecule has 0 aliphatic carbocycles. The van der Waals surface area contributed by atoms with Crippen LogP contribution in [0.15, 0.2) is 29.2 Å². The molecule has 23 heavy (non-hydrogen) atoms. The van der Waals surface area contributed by atoms with Crippen molar-refractivity contribution < 1.29 is 8.42 Å². The second kappa shape index (κ2) is 6.41. The molecule has 1 aliphatic heterocycles. The predicted octanol–water partition coefficient (Wildman–Crippen LogP) is 2.35. The molecule has 0 spiro atoms. The highest BCUT2D eigenvalue weighted by atomic mass is 32.2. The summed E-state index contributed by atoms with van der Waals surface area (Å²) in [6.45, 7) is 4.60. The standard InChI is InChI=1S/C16H22N4O2S/c1-12-7-9-14(10-8-12)23(21,22)19-13(2)16-18-17-15-6-4-3-5-11-20(15)16/h7-10,13,19H,3-6,11H2,1-2H3/t13-/m1/s1. The average Bonchev–Trinajstić information content (AvgIpc) is 2.76. The van der Waals surface area contributed by atoms with Gasteiger partial charge in [0.05, 0.1) is 10.9 Å². The zero-order valence-electron chi connectivity index (χ0n) is 13.5. The maximum atomic E-state index is 12.5. The van der Waals surface area contributed by atoms with E-state index < -0.39 is 16.1 Å². The number of nitrogens with one attached hydrogen (secondary N) is 1. The van der Waals surface area contributed by atoms with Gasteiger partial charge in [-0.1, -0.05) is 24.1 Å². The number of aromatic nitrogens is 3. The topological polar surface area (TPSA) is 76.9 Å². The second-order valence-corrected chi connectivity index (χ2v) is 7.81. The highest BCUT2D eigenvalue weighted by molar-refractivity contribution is 7.89. The van der Waals surface area contributed by atoms with Gasteiger partial charge in [-0.2, -0.15) is 0 Å². The molecule has 0 saturated carbocycles. The summed E-state index contributed by atoms with van der Waals surface area (Å²) in [5.74, 6) is 1.65. The van der Waals surface area contributed by atoms with E-state index in [2.05, 4.69) is 19.5 Å². The van der Waals surface area contributed by atoms with Crippen molar-refractivity contribution >= 4 is 10.0 Å². The van der Waals surface area contributed by atoms with Crippen molar-refractivity contribution in [3.8, 4) is 0 Å². The van der Waals surface area contributed by atoms with Crippen molar-refractivity contribution in [2.75, 3.05) is 0 Å². The van der Waals surface area contributed by atoms with E-state index >= 15 is 0 Å². The molecular weight excluding hydrogens is 312 g/mol. The Morgan fingerprint density at radius 2 is 1.87 bits per heavy atom. The van der Waals surface area contributed by atoms with Gasteiger partial charge in [-0.3, -0.25) is 0 Å². The van der Waals surface area contributed by atoms with Gasteiger partial charge in [-0.25, -0.2) is 13.1 Å². The molecule has 0 fully saturated rings. The number of hydrogen-bond donors (Lipinski definition) is 1. The number of benzene rings is 1. The molecule has 1 N–H and O–H groups in total. The largest absolute Gasteiger partial charge is 0.314 e. The minimum atomic E-state index is -3.57. The van der Waals surface area contributed by atoms with Crippen molar-refractivity contribution in [1.29, 1.82) is 0 Å². The summed E-state index contributed by atoms with van der Waals surface area (Å²) in [6.07, 6.45) is 4.27. The number of aryl methyl sites for hydroxylation is 2.